The van der Waals surface area contributed by atoms with Crippen molar-refractivity contribution in [3.63, 3.8) is 0 Å². The molecule has 1 rings (SSSR count). The van der Waals surface area contributed by atoms with E-state index in [1.165, 1.54) is 13.8 Å². The van der Waals surface area contributed by atoms with Gasteiger partial charge in [0, 0.05) is 5.41 Å². The Morgan fingerprint density at radius 1 is 1.45 bits per heavy atom. The quantitative estimate of drug-likeness (QED) is 0.658. The molecule has 1 unspecified atom stereocenters. The van der Waals surface area contributed by atoms with Crippen LogP contribution >= 0.6 is 23.2 Å². The van der Waals surface area contributed by atoms with Crippen LogP contribution in [0.4, 0.5) is 4.39 Å². The Kier molecular flexibility index (Phi) is 1.51. The highest BCUT2D eigenvalue weighted by molar-refractivity contribution is 6.55. The molecule has 0 bridgehead atoms. The average molecular weight is 201 g/mol. The summed E-state index contributed by atoms with van der Waals surface area (Å²) in [5.41, 5.74) is -3.72. The van der Waals surface area contributed by atoms with E-state index in [0.717, 1.165) is 0 Å². The monoisotopic (exact) mass is 200 g/mol. The Balaban J connectivity index is 3.06. The molecule has 0 amide bonds. The van der Waals surface area contributed by atoms with Crippen molar-refractivity contribution in [3.8, 4) is 0 Å². The van der Waals surface area contributed by atoms with E-state index in [1.54, 1.807) is 0 Å². The first kappa shape index (κ1) is 9.07. The Bertz CT molecular complexity index is 211. The van der Waals surface area contributed by atoms with Gasteiger partial charge in [-0.05, 0) is 0 Å². The normalized spacial score (nSPS) is 38.3. The van der Waals surface area contributed by atoms with E-state index < -0.39 is 21.4 Å². The minimum Gasteiger partial charge on any atom is -0.479 e. The highest BCUT2D eigenvalue weighted by Crippen LogP contribution is 2.73. The van der Waals surface area contributed by atoms with E-state index >= 15 is 0 Å². The first-order valence-electron chi connectivity index (χ1n) is 2.99. The molecular weight excluding hydrogens is 194 g/mol. The van der Waals surface area contributed by atoms with Gasteiger partial charge < -0.3 is 5.11 Å². The summed E-state index contributed by atoms with van der Waals surface area (Å²) < 4.78 is 11.5. The molecule has 1 saturated carbocycles. The van der Waals surface area contributed by atoms with E-state index in [0.29, 0.717) is 0 Å². The van der Waals surface area contributed by atoms with Crippen LogP contribution in [0.15, 0.2) is 0 Å². The zero-order valence-electron chi connectivity index (χ0n) is 5.99. The topological polar surface area (TPSA) is 37.3 Å². The summed E-state index contributed by atoms with van der Waals surface area (Å²) >= 11 is 10.9. The molecule has 0 heterocycles. The van der Waals surface area contributed by atoms with Gasteiger partial charge in [-0.2, -0.15) is 0 Å². The van der Waals surface area contributed by atoms with E-state index in [2.05, 4.69) is 0 Å². The standard InChI is InChI=1S/C6H7Cl2FO2/c1-4(2)5(9,3(10)11)6(4,7)8/h1-2H3,(H,10,11). The smallest absolute Gasteiger partial charge is 0.345 e. The number of carboxylic acid groups (broad SMARTS) is 1. The molecule has 2 nitrogen and oxygen atoms in total. The third-order valence-corrected chi connectivity index (χ3v) is 3.78. The molecule has 5 heteroatoms. The van der Waals surface area contributed by atoms with Crippen LogP contribution < -0.4 is 0 Å². The van der Waals surface area contributed by atoms with Crippen LogP contribution in [0.5, 0.6) is 0 Å². The summed E-state index contributed by atoms with van der Waals surface area (Å²) in [5, 5.41) is 8.44. The minimum atomic E-state index is -2.51. The molecule has 1 atom stereocenters. The Morgan fingerprint density at radius 2 is 1.73 bits per heavy atom. The SMILES string of the molecule is CC1(C)C(Cl)(Cl)C1(F)C(=O)O. The average Bonchev–Trinajstić information content (AvgIpc) is 2.11. The molecule has 0 aromatic heterocycles. The van der Waals surface area contributed by atoms with Crippen LogP contribution in [0.1, 0.15) is 13.8 Å². The van der Waals surface area contributed by atoms with E-state index in [1.807, 2.05) is 0 Å². The summed E-state index contributed by atoms with van der Waals surface area (Å²) in [4.78, 5) is 10.4. The second kappa shape index (κ2) is 1.83. The molecule has 1 N–H and O–H groups in total. The molecule has 0 aromatic carbocycles. The van der Waals surface area contributed by atoms with Gasteiger partial charge in [0.25, 0.3) is 0 Å². The highest BCUT2D eigenvalue weighted by Gasteiger charge is 2.88. The minimum absolute atomic E-state index is 1.21. The van der Waals surface area contributed by atoms with Gasteiger partial charge in [0.05, 0.1) is 0 Å². The highest BCUT2D eigenvalue weighted by atomic mass is 35.5. The van der Waals surface area contributed by atoms with Crippen molar-refractivity contribution in [2.75, 3.05) is 0 Å². The van der Waals surface area contributed by atoms with E-state index in [-0.39, 0.29) is 0 Å². The molecule has 0 radical (unpaired) electrons. The maximum absolute atomic E-state index is 13.3. The summed E-state index contributed by atoms with van der Waals surface area (Å²) in [6.45, 7) is 2.75. The van der Waals surface area contributed by atoms with Crippen LogP contribution in [0.2, 0.25) is 0 Å². The van der Waals surface area contributed by atoms with Crippen molar-refractivity contribution in [1.82, 2.24) is 0 Å². The predicted octanol–water partition coefficient (Wildman–Crippen LogP) is 1.99. The van der Waals surface area contributed by atoms with Crippen LogP contribution in [0, 0.1) is 5.41 Å². The Morgan fingerprint density at radius 3 is 1.73 bits per heavy atom. The van der Waals surface area contributed by atoms with Crippen molar-refractivity contribution >= 4 is 29.2 Å². The fourth-order valence-electron chi connectivity index (χ4n) is 1.12. The van der Waals surface area contributed by atoms with Gasteiger partial charge in [0.15, 0.2) is 4.33 Å². The third kappa shape index (κ3) is 0.662. The van der Waals surface area contributed by atoms with Crippen LogP contribution in [-0.4, -0.2) is 21.1 Å². The largest absolute Gasteiger partial charge is 0.479 e. The number of carbonyl (C=O) groups is 1. The molecule has 0 saturated heterocycles. The first-order chi connectivity index (χ1) is 4.69. The summed E-state index contributed by atoms with van der Waals surface area (Å²) in [5.74, 6) is -1.60. The number of aliphatic carboxylic acids is 1. The fraction of sp³-hybridized carbons (Fsp3) is 0.833. The molecule has 0 aromatic rings. The second-order valence-corrected chi connectivity index (χ2v) is 4.49. The summed E-state index contributed by atoms with van der Waals surface area (Å²) in [6, 6.07) is 0. The van der Waals surface area contributed by atoms with Crippen molar-refractivity contribution in [3.05, 3.63) is 0 Å². The van der Waals surface area contributed by atoms with E-state index in [9.17, 15) is 9.18 Å². The van der Waals surface area contributed by atoms with Crippen molar-refractivity contribution in [2.45, 2.75) is 23.8 Å². The molecule has 1 fully saturated rings. The lowest BCUT2D eigenvalue weighted by Gasteiger charge is -2.00. The van der Waals surface area contributed by atoms with Gasteiger partial charge in [-0.3, -0.25) is 0 Å². The van der Waals surface area contributed by atoms with Crippen LogP contribution in [-0.2, 0) is 4.79 Å². The van der Waals surface area contributed by atoms with Gasteiger partial charge in [-0.25, -0.2) is 9.18 Å². The maximum Gasteiger partial charge on any atom is 0.345 e. The lowest BCUT2D eigenvalue weighted by molar-refractivity contribution is -0.146. The van der Waals surface area contributed by atoms with Gasteiger partial charge in [-0.15, -0.1) is 0 Å². The molecule has 0 aliphatic heterocycles. The summed E-state index contributed by atoms with van der Waals surface area (Å²) in [7, 11) is 0. The van der Waals surface area contributed by atoms with E-state index in [4.69, 9.17) is 28.3 Å². The number of carboxylic acids is 1. The van der Waals surface area contributed by atoms with Crippen molar-refractivity contribution < 1.29 is 14.3 Å². The molecule has 64 valence electrons. The lowest BCUT2D eigenvalue weighted by atomic mass is 10.1. The summed E-state index contributed by atoms with van der Waals surface area (Å²) in [6.07, 6.45) is 0. The van der Waals surface area contributed by atoms with Crippen LogP contribution in [0.3, 0.4) is 0 Å². The van der Waals surface area contributed by atoms with Gasteiger partial charge in [-0.1, -0.05) is 37.0 Å². The number of hydrogen-bond donors (Lipinski definition) is 1. The second-order valence-electron chi connectivity index (χ2n) is 3.16. The molecular formula is C6H7Cl2FO2. The molecule has 0 spiro atoms. The zero-order valence-corrected chi connectivity index (χ0v) is 7.50. The molecule has 1 aliphatic rings. The van der Waals surface area contributed by atoms with Gasteiger partial charge >= 0.3 is 5.97 Å². The maximum atomic E-state index is 13.3. The lowest BCUT2D eigenvalue weighted by Crippen LogP contribution is -2.24. The Hall–Kier alpha value is -0.0200. The predicted molar refractivity (Wildman–Crippen MR) is 39.7 cm³/mol. The number of rotatable bonds is 1. The Labute approximate surface area is 73.3 Å². The fourth-order valence-corrected chi connectivity index (χ4v) is 1.92. The number of alkyl halides is 3. The number of halogens is 3. The third-order valence-electron chi connectivity index (χ3n) is 2.31. The zero-order chi connectivity index (χ0) is 9.08. The number of hydrogen-bond acceptors (Lipinski definition) is 1. The van der Waals surface area contributed by atoms with Gasteiger partial charge in [0.2, 0.25) is 5.67 Å². The van der Waals surface area contributed by atoms with Crippen molar-refractivity contribution in [2.24, 2.45) is 5.41 Å². The first-order valence-corrected chi connectivity index (χ1v) is 3.75. The molecule has 11 heavy (non-hydrogen) atoms. The van der Waals surface area contributed by atoms with Gasteiger partial charge in [0.1, 0.15) is 0 Å². The van der Waals surface area contributed by atoms with Crippen molar-refractivity contribution in [1.29, 1.82) is 0 Å². The molecule has 1 aliphatic carbocycles. The van der Waals surface area contributed by atoms with Crippen LogP contribution in [0.25, 0.3) is 0 Å².